The number of imidazole rings is 1. The minimum Gasteiger partial charge on any atom is -0.296 e. The van der Waals surface area contributed by atoms with E-state index in [4.69, 9.17) is 0 Å². The first-order chi connectivity index (χ1) is 6.20. The van der Waals surface area contributed by atoms with E-state index in [1.807, 2.05) is 24.4 Å². The van der Waals surface area contributed by atoms with Crippen LogP contribution in [0.4, 0.5) is 0 Å². The third kappa shape index (κ3) is 1.27. The molecule has 2 aromatic rings. The molecule has 0 amide bonds. The predicted octanol–water partition coefficient (Wildman–Crippen LogP) is 2.30. The molecule has 3 nitrogen and oxygen atoms in total. The lowest BCUT2D eigenvalue weighted by molar-refractivity contribution is 0.100. The van der Waals surface area contributed by atoms with E-state index in [-0.39, 0.29) is 5.78 Å². The normalized spacial score (nSPS) is 10.6. The maximum Gasteiger partial charge on any atom is 0.195 e. The molecule has 66 valence electrons. The Labute approximate surface area is 83.5 Å². The lowest BCUT2D eigenvalue weighted by atomic mass is 10.4. The quantitative estimate of drug-likeness (QED) is 0.715. The molecule has 0 radical (unpaired) electrons. The topological polar surface area (TPSA) is 34.4 Å². The van der Waals surface area contributed by atoms with E-state index < -0.39 is 0 Å². The maximum atomic E-state index is 11.2. The average molecular weight is 239 g/mol. The highest BCUT2D eigenvalue weighted by molar-refractivity contribution is 9.10. The number of fused-ring (bicyclic) bond motifs is 1. The monoisotopic (exact) mass is 238 g/mol. The maximum absolute atomic E-state index is 11.2. The summed E-state index contributed by atoms with van der Waals surface area (Å²) in [5.41, 5.74) is 0.910. The number of Topliss-reactive ketones (excluding diaryl/α,β-unsaturated/α-hetero) is 1. The summed E-state index contributed by atoms with van der Waals surface area (Å²) in [6.07, 6.45) is 1.82. The molecule has 2 aromatic heterocycles. The molecule has 13 heavy (non-hydrogen) atoms. The number of ketones is 1. The minimum absolute atomic E-state index is 0.0353. The highest BCUT2D eigenvalue weighted by Gasteiger charge is 2.10. The highest BCUT2D eigenvalue weighted by Crippen LogP contribution is 2.18. The lowest BCUT2D eigenvalue weighted by Gasteiger charge is -1.94. The molecule has 0 atom stereocenters. The largest absolute Gasteiger partial charge is 0.296 e. The molecule has 0 aliphatic rings. The molecule has 0 bridgehead atoms. The van der Waals surface area contributed by atoms with Crippen LogP contribution >= 0.6 is 15.9 Å². The zero-order valence-corrected chi connectivity index (χ0v) is 8.58. The van der Waals surface area contributed by atoms with Gasteiger partial charge >= 0.3 is 0 Å². The van der Waals surface area contributed by atoms with E-state index in [1.54, 1.807) is 4.40 Å². The molecule has 0 spiro atoms. The fourth-order valence-corrected chi connectivity index (χ4v) is 1.74. The molecular weight excluding hydrogens is 232 g/mol. The van der Waals surface area contributed by atoms with Crippen molar-refractivity contribution in [3.8, 4) is 0 Å². The van der Waals surface area contributed by atoms with Crippen LogP contribution in [-0.2, 0) is 0 Å². The second-order valence-electron chi connectivity index (χ2n) is 2.74. The Balaban J connectivity index is 2.85. The molecule has 0 saturated carbocycles. The zero-order chi connectivity index (χ0) is 9.42. The van der Waals surface area contributed by atoms with Gasteiger partial charge in [0, 0.05) is 13.1 Å². The van der Waals surface area contributed by atoms with Crippen LogP contribution in [0.1, 0.15) is 17.5 Å². The molecule has 4 heteroatoms. The van der Waals surface area contributed by atoms with Crippen molar-refractivity contribution in [3.05, 3.63) is 34.8 Å². The second-order valence-corrected chi connectivity index (χ2v) is 3.49. The summed E-state index contributed by atoms with van der Waals surface area (Å²) in [5.74, 6) is 0.425. The molecule has 0 fully saturated rings. The molecule has 0 N–H and O–H groups in total. The van der Waals surface area contributed by atoms with Crippen LogP contribution in [0.15, 0.2) is 29.0 Å². The first-order valence-electron chi connectivity index (χ1n) is 3.83. The van der Waals surface area contributed by atoms with E-state index in [9.17, 15) is 4.79 Å². The van der Waals surface area contributed by atoms with E-state index in [0.29, 0.717) is 10.4 Å². The molecule has 0 saturated heterocycles. The Hall–Kier alpha value is -1.16. The van der Waals surface area contributed by atoms with Crippen molar-refractivity contribution in [3.63, 3.8) is 0 Å². The van der Waals surface area contributed by atoms with Gasteiger partial charge in [0.1, 0.15) is 4.60 Å². The summed E-state index contributed by atoms with van der Waals surface area (Å²) in [6.45, 7) is 1.51. The molecule has 0 unspecified atom stereocenters. The average Bonchev–Trinajstić information content (AvgIpc) is 2.45. The third-order valence-corrected chi connectivity index (χ3v) is 2.40. The Morgan fingerprint density at radius 2 is 2.31 bits per heavy atom. The number of aromatic nitrogens is 2. The Morgan fingerprint density at radius 1 is 1.54 bits per heavy atom. The molecular formula is C9H7BrN2O. The van der Waals surface area contributed by atoms with Crippen LogP contribution in [0.3, 0.4) is 0 Å². The summed E-state index contributed by atoms with van der Waals surface area (Å²) in [7, 11) is 0. The summed E-state index contributed by atoms with van der Waals surface area (Å²) in [5, 5.41) is 0. The van der Waals surface area contributed by atoms with Crippen LogP contribution in [0, 0.1) is 0 Å². The number of hydrogen-bond acceptors (Lipinski definition) is 2. The summed E-state index contributed by atoms with van der Waals surface area (Å²) in [6, 6.07) is 5.68. The molecule has 0 aliphatic carbocycles. The second kappa shape index (κ2) is 2.96. The van der Waals surface area contributed by atoms with Crippen LogP contribution in [0.2, 0.25) is 0 Å². The van der Waals surface area contributed by atoms with Crippen molar-refractivity contribution in [1.82, 2.24) is 9.38 Å². The fraction of sp³-hybridized carbons (Fsp3) is 0.111. The fourth-order valence-electron chi connectivity index (χ4n) is 1.25. The van der Waals surface area contributed by atoms with Gasteiger partial charge in [0.25, 0.3) is 0 Å². The minimum atomic E-state index is -0.0353. The van der Waals surface area contributed by atoms with Gasteiger partial charge in [0.15, 0.2) is 11.6 Å². The molecule has 2 rings (SSSR count). The summed E-state index contributed by atoms with van der Waals surface area (Å²) >= 11 is 3.30. The Kier molecular flexibility index (Phi) is 1.92. The van der Waals surface area contributed by atoms with E-state index in [1.165, 1.54) is 6.92 Å². The SMILES string of the molecule is CC(=O)c1nc(Br)c2ccccn12. The van der Waals surface area contributed by atoms with E-state index in [2.05, 4.69) is 20.9 Å². The molecule has 2 heterocycles. The van der Waals surface area contributed by atoms with Crippen molar-refractivity contribution in [2.75, 3.05) is 0 Å². The molecule has 0 aromatic carbocycles. The number of pyridine rings is 1. The van der Waals surface area contributed by atoms with Gasteiger partial charge in [-0.05, 0) is 28.1 Å². The summed E-state index contributed by atoms with van der Waals surface area (Å²) < 4.78 is 2.48. The van der Waals surface area contributed by atoms with Gasteiger partial charge in [-0.1, -0.05) is 6.07 Å². The van der Waals surface area contributed by atoms with Gasteiger partial charge in [-0.2, -0.15) is 0 Å². The van der Waals surface area contributed by atoms with Crippen LogP contribution in [0.25, 0.3) is 5.52 Å². The van der Waals surface area contributed by atoms with Gasteiger partial charge in [0.2, 0.25) is 0 Å². The Morgan fingerprint density at radius 3 is 3.00 bits per heavy atom. The van der Waals surface area contributed by atoms with Crippen LogP contribution < -0.4 is 0 Å². The predicted molar refractivity (Wildman–Crippen MR) is 52.9 cm³/mol. The van der Waals surface area contributed by atoms with E-state index >= 15 is 0 Å². The number of rotatable bonds is 1. The van der Waals surface area contributed by atoms with Crippen LogP contribution in [0.5, 0.6) is 0 Å². The van der Waals surface area contributed by atoms with Crippen molar-refractivity contribution < 1.29 is 4.79 Å². The van der Waals surface area contributed by atoms with Gasteiger partial charge in [-0.25, -0.2) is 4.98 Å². The Bertz CT molecular complexity index is 475. The lowest BCUT2D eigenvalue weighted by Crippen LogP contribution is -1.99. The van der Waals surface area contributed by atoms with Crippen molar-refractivity contribution in [1.29, 1.82) is 0 Å². The van der Waals surface area contributed by atoms with E-state index in [0.717, 1.165) is 5.52 Å². The van der Waals surface area contributed by atoms with Crippen LogP contribution in [-0.4, -0.2) is 15.2 Å². The third-order valence-electron chi connectivity index (χ3n) is 1.82. The number of hydrogen-bond donors (Lipinski definition) is 0. The van der Waals surface area contributed by atoms with Gasteiger partial charge < -0.3 is 0 Å². The van der Waals surface area contributed by atoms with Crippen molar-refractivity contribution in [2.24, 2.45) is 0 Å². The van der Waals surface area contributed by atoms with Gasteiger partial charge in [0.05, 0.1) is 5.52 Å². The summed E-state index contributed by atoms with van der Waals surface area (Å²) in [4.78, 5) is 15.3. The van der Waals surface area contributed by atoms with Gasteiger partial charge in [-0.15, -0.1) is 0 Å². The number of carbonyl (C=O) groups is 1. The molecule has 0 aliphatic heterocycles. The van der Waals surface area contributed by atoms with Gasteiger partial charge in [-0.3, -0.25) is 9.20 Å². The smallest absolute Gasteiger partial charge is 0.195 e. The first-order valence-corrected chi connectivity index (χ1v) is 4.63. The number of carbonyl (C=O) groups excluding carboxylic acids is 1. The van der Waals surface area contributed by atoms with Crippen molar-refractivity contribution in [2.45, 2.75) is 6.92 Å². The number of halogens is 1. The van der Waals surface area contributed by atoms with Crippen molar-refractivity contribution >= 4 is 27.2 Å². The number of nitrogens with zero attached hydrogens (tertiary/aromatic N) is 2. The standard InChI is InChI=1S/C9H7BrN2O/c1-6(13)9-11-8(10)7-4-2-3-5-12(7)9/h2-5H,1H3. The zero-order valence-electron chi connectivity index (χ0n) is 6.99. The highest BCUT2D eigenvalue weighted by atomic mass is 79.9. The first kappa shape index (κ1) is 8.44.